The van der Waals surface area contributed by atoms with E-state index in [2.05, 4.69) is 5.10 Å². The van der Waals surface area contributed by atoms with Crippen molar-refractivity contribution in [2.24, 2.45) is 0 Å². The highest BCUT2D eigenvalue weighted by Crippen LogP contribution is 2.22. The predicted octanol–water partition coefficient (Wildman–Crippen LogP) is 1.44. The van der Waals surface area contributed by atoms with Crippen molar-refractivity contribution in [1.82, 2.24) is 9.78 Å². The van der Waals surface area contributed by atoms with Crippen LogP contribution >= 0.6 is 0 Å². The number of aromatic nitrogens is 2. The van der Waals surface area contributed by atoms with Gasteiger partial charge in [-0.25, -0.2) is 0 Å². The fraction of sp³-hybridized carbons (Fsp3) is 0.750. The Morgan fingerprint density at radius 1 is 1.47 bits per heavy atom. The first-order valence-electron chi connectivity index (χ1n) is 6.20. The first kappa shape index (κ1) is 12.4. The van der Waals surface area contributed by atoms with E-state index in [0.29, 0.717) is 24.5 Å². The lowest BCUT2D eigenvalue weighted by molar-refractivity contribution is -0.0319. The Kier molecular flexibility index (Phi) is 4.39. The van der Waals surface area contributed by atoms with E-state index in [9.17, 15) is 0 Å². The van der Waals surface area contributed by atoms with Crippen molar-refractivity contribution in [1.29, 1.82) is 0 Å². The third kappa shape index (κ3) is 3.71. The smallest absolute Gasteiger partial charge is 0.0719 e. The van der Waals surface area contributed by atoms with Gasteiger partial charge in [0.2, 0.25) is 0 Å². The number of nitrogen functional groups attached to an aromatic ring is 1. The van der Waals surface area contributed by atoms with Crippen LogP contribution < -0.4 is 5.73 Å². The maximum absolute atomic E-state index is 5.85. The zero-order valence-corrected chi connectivity index (χ0v) is 10.3. The molecule has 1 aliphatic rings. The molecule has 0 saturated heterocycles. The number of nitrogens with zero attached hydrogens (tertiary/aromatic N) is 2. The largest absolute Gasteiger partial charge is 0.396 e. The molecule has 1 aliphatic carbocycles. The van der Waals surface area contributed by atoms with Gasteiger partial charge in [0.15, 0.2) is 0 Å². The normalized spacial score (nSPS) is 25.0. The van der Waals surface area contributed by atoms with Crippen molar-refractivity contribution in [3.8, 4) is 0 Å². The van der Waals surface area contributed by atoms with Crippen molar-refractivity contribution in [3.63, 3.8) is 0 Å². The second-order valence-corrected chi connectivity index (χ2v) is 4.55. The first-order chi connectivity index (χ1) is 8.28. The second-order valence-electron chi connectivity index (χ2n) is 4.55. The lowest BCUT2D eigenvalue weighted by atomic mass is 9.95. The molecular weight excluding hydrogens is 218 g/mol. The Bertz CT molecular complexity index is 340. The lowest BCUT2D eigenvalue weighted by Crippen LogP contribution is -2.28. The van der Waals surface area contributed by atoms with Crippen molar-refractivity contribution in [3.05, 3.63) is 12.4 Å². The van der Waals surface area contributed by atoms with Gasteiger partial charge >= 0.3 is 0 Å². The van der Waals surface area contributed by atoms with Crippen LogP contribution in [0.5, 0.6) is 0 Å². The van der Waals surface area contributed by atoms with Crippen molar-refractivity contribution in [2.45, 2.75) is 44.4 Å². The monoisotopic (exact) mass is 239 g/mol. The molecule has 1 aromatic rings. The van der Waals surface area contributed by atoms with Gasteiger partial charge in [-0.05, 0) is 25.7 Å². The summed E-state index contributed by atoms with van der Waals surface area (Å²) < 4.78 is 13.0. The Labute approximate surface area is 102 Å². The highest BCUT2D eigenvalue weighted by atomic mass is 16.5. The number of hydrogen-bond acceptors (Lipinski definition) is 4. The zero-order chi connectivity index (χ0) is 12.1. The van der Waals surface area contributed by atoms with E-state index in [-0.39, 0.29) is 0 Å². The molecule has 96 valence electrons. The van der Waals surface area contributed by atoms with Gasteiger partial charge in [0.1, 0.15) is 0 Å². The molecule has 0 radical (unpaired) electrons. The van der Waals surface area contributed by atoms with Gasteiger partial charge in [0.05, 0.1) is 37.2 Å². The first-order valence-corrected chi connectivity index (χ1v) is 6.20. The quantitative estimate of drug-likeness (QED) is 0.844. The van der Waals surface area contributed by atoms with E-state index in [0.717, 1.165) is 25.8 Å². The summed E-state index contributed by atoms with van der Waals surface area (Å²) in [6.07, 6.45) is 8.68. The minimum Gasteiger partial charge on any atom is -0.396 e. The van der Waals surface area contributed by atoms with Crippen LogP contribution in [0, 0.1) is 0 Å². The maximum Gasteiger partial charge on any atom is 0.0719 e. The summed E-state index contributed by atoms with van der Waals surface area (Å²) in [6, 6.07) is 0. The highest BCUT2D eigenvalue weighted by Gasteiger charge is 2.21. The van der Waals surface area contributed by atoms with Crippen LogP contribution in [0.3, 0.4) is 0 Å². The molecule has 1 aromatic heterocycles. The topological polar surface area (TPSA) is 62.3 Å². The van der Waals surface area contributed by atoms with Gasteiger partial charge in [0.25, 0.3) is 0 Å². The van der Waals surface area contributed by atoms with E-state index >= 15 is 0 Å². The minimum absolute atomic E-state index is 0.335. The SMILES string of the molecule is COC1CCCC(OCCn2cc(N)cn2)C1. The number of anilines is 1. The Morgan fingerprint density at radius 2 is 2.29 bits per heavy atom. The van der Waals surface area contributed by atoms with Gasteiger partial charge in [-0.3, -0.25) is 4.68 Å². The average molecular weight is 239 g/mol. The van der Waals surface area contributed by atoms with Crippen LogP contribution in [0.1, 0.15) is 25.7 Å². The molecule has 5 nitrogen and oxygen atoms in total. The number of nitrogens with two attached hydrogens (primary N) is 1. The molecule has 1 saturated carbocycles. The van der Waals surface area contributed by atoms with Gasteiger partial charge in [0, 0.05) is 13.3 Å². The molecule has 0 aliphatic heterocycles. The molecular formula is C12H21N3O2. The van der Waals surface area contributed by atoms with E-state index in [4.69, 9.17) is 15.2 Å². The van der Waals surface area contributed by atoms with E-state index in [1.165, 1.54) is 6.42 Å². The van der Waals surface area contributed by atoms with Crippen molar-refractivity contribution in [2.75, 3.05) is 19.5 Å². The van der Waals surface area contributed by atoms with Crippen LogP contribution in [-0.4, -0.2) is 35.7 Å². The molecule has 5 heteroatoms. The number of methoxy groups -OCH3 is 1. The Hall–Kier alpha value is -1.07. The van der Waals surface area contributed by atoms with Crippen LogP contribution in [0.2, 0.25) is 0 Å². The summed E-state index contributed by atoms with van der Waals surface area (Å²) in [7, 11) is 1.78. The fourth-order valence-corrected chi connectivity index (χ4v) is 2.28. The van der Waals surface area contributed by atoms with Crippen LogP contribution in [-0.2, 0) is 16.0 Å². The molecule has 0 bridgehead atoms. The number of ether oxygens (including phenoxy) is 2. The second kappa shape index (κ2) is 6.02. The number of rotatable bonds is 5. The molecule has 2 unspecified atom stereocenters. The molecule has 0 spiro atoms. The van der Waals surface area contributed by atoms with Crippen molar-refractivity contribution >= 4 is 5.69 Å². The highest BCUT2D eigenvalue weighted by molar-refractivity contribution is 5.30. The summed E-state index contributed by atoms with van der Waals surface area (Å²) >= 11 is 0. The van der Waals surface area contributed by atoms with Gasteiger partial charge in [-0.1, -0.05) is 0 Å². The average Bonchev–Trinajstić information content (AvgIpc) is 2.75. The van der Waals surface area contributed by atoms with Gasteiger partial charge in [-0.15, -0.1) is 0 Å². The molecule has 2 atom stereocenters. The number of hydrogen-bond donors (Lipinski definition) is 1. The molecule has 17 heavy (non-hydrogen) atoms. The Balaban J connectivity index is 1.68. The van der Waals surface area contributed by atoms with E-state index < -0.39 is 0 Å². The Morgan fingerprint density at radius 3 is 3.00 bits per heavy atom. The molecule has 0 amide bonds. The predicted molar refractivity (Wildman–Crippen MR) is 65.6 cm³/mol. The van der Waals surface area contributed by atoms with E-state index in [1.54, 1.807) is 13.3 Å². The van der Waals surface area contributed by atoms with E-state index in [1.807, 2.05) is 10.9 Å². The molecule has 2 rings (SSSR count). The summed E-state index contributed by atoms with van der Waals surface area (Å²) in [5.74, 6) is 0. The summed E-state index contributed by atoms with van der Waals surface area (Å²) in [6.45, 7) is 1.44. The maximum atomic E-state index is 5.85. The molecule has 1 fully saturated rings. The van der Waals surface area contributed by atoms with Gasteiger partial charge in [-0.2, -0.15) is 5.10 Å². The molecule has 2 N–H and O–H groups in total. The van der Waals surface area contributed by atoms with Crippen LogP contribution in [0.25, 0.3) is 0 Å². The lowest BCUT2D eigenvalue weighted by Gasteiger charge is -2.28. The summed E-state index contributed by atoms with van der Waals surface area (Å²) in [4.78, 5) is 0. The zero-order valence-electron chi connectivity index (χ0n) is 10.3. The standard InChI is InChI=1S/C12H21N3O2/c1-16-11-3-2-4-12(7-11)17-6-5-15-9-10(13)8-14-15/h8-9,11-12H,2-7,13H2,1H3. The minimum atomic E-state index is 0.335. The summed E-state index contributed by atoms with van der Waals surface area (Å²) in [5, 5.41) is 4.12. The van der Waals surface area contributed by atoms with Crippen LogP contribution in [0.15, 0.2) is 12.4 Å². The van der Waals surface area contributed by atoms with Crippen molar-refractivity contribution < 1.29 is 9.47 Å². The molecule has 0 aromatic carbocycles. The fourth-order valence-electron chi connectivity index (χ4n) is 2.28. The van der Waals surface area contributed by atoms with Crippen LogP contribution in [0.4, 0.5) is 5.69 Å². The third-order valence-electron chi connectivity index (χ3n) is 3.24. The molecule has 1 heterocycles. The summed E-state index contributed by atoms with van der Waals surface area (Å²) in [5.41, 5.74) is 6.29. The third-order valence-corrected chi connectivity index (χ3v) is 3.24. The van der Waals surface area contributed by atoms with Gasteiger partial charge < -0.3 is 15.2 Å².